The van der Waals surface area contributed by atoms with Crippen molar-refractivity contribution in [3.05, 3.63) is 57.4 Å². The van der Waals surface area contributed by atoms with Crippen LogP contribution < -0.4 is 5.32 Å². The summed E-state index contributed by atoms with van der Waals surface area (Å²) in [6.45, 7) is 5.49. The number of aliphatic hydroxyl groups is 1. The molecule has 0 aliphatic heterocycles. The number of benzene rings is 1. The Morgan fingerprint density at radius 2 is 1.87 bits per heavy atom. The summed E-state index contributed by atoms with van der Waals surface area (Å²) in [4.78, 5) is 16.6. The summed E-state index contributed by atoms with van der Waals surface area (Å²) >= 11 is 5.87. The van der Waals surface area contributed by atoms with E-state index >= 15 is 0 Å². The van der Waals surface area contributed by atoms with Crippen LogP contribution in [0.15, 0.2) is 24.3 Å². The van der Waals surface area contributed by atoms with Gasteiger partial charge in [-0.2, -0.15) is 0 Å². The number of halogens is 1. The lowest BCUT2D eigenvalue weighted by molar-refractivity contribution is -0.0772. The van der Waals surface area contributed by atoms with Crippen molar-refractivity contribution in [2.45, 2.75) is 27.1 Å². The molecule has 0 saturated carbocycles. The molecule has 0 fully saturated rings. The normalized spacial score (nSPS) is 12.1. The number of carbonyl (C=O) groups excluding carboxylic acids is 1. The maximum atomic E-state index is 12.5. The first-order valence-corrected chi connectivity index (χ1v) is 7.48. The zero-order valence-electron chi connectivity index (χ0n) is 13.5. The molecule has 1 atom stereocenters. The quantitative estimate of drug-likeness (QED) is 0.662. The minimum absolute atomic E-state index is 0.262. The Morgan fingerprint density at radius 3 is 2.52 bits per heavy atom. The summed E-state index contributed by atoms with van der Waals surface area (Å²) in [6.07, 6.45) is -1.04. The maximum Gasteiger partial charge on any atom is 0.274 e. The van der Waals surface area contributed by atoms with Crippen LogP contribution in [0, 0.1) is 20.8 Å². The van der Waals surface area contributed by atoms with Crippen molar-refractivity contribution in [1.82, 2.24) is 4.98 Å². The maximum absolute atomic E-state index is 12.5. The number of carbonyl (C=O) groups is 1. The van der Waals surface area contributed by atoms with Crippen LogP contribution in [0.25, 0.3) is 0 Å². The van der Waals surface area contributed by atoms with Gasteiger partial charge in [0.25, 0.3) is 5.91 Å². The monoisotopic (exact) mass is 334 g/mol. The van der Waals surface area contributed by atoms with Gasteiger partial charge in [-0.05, 0) is 43.5 Å². The first-order valence-electron chi connectivity index (χ1n) is 7.10. The van der Waals surface area contributed by atoms with Crippen LogP contribution in [-0.2, 0) is 4.74 Å². The van der Waals surface area contributed by atoms with Crippen molar-refractivity contribution in [3.8, 4) is 0 Å². The predicted octanol–water partition coefficient (Wildman–Crippen LogP) is 3.55. The molecule has 0 spiro atoms. The average molecular weight is 335 g/mol. The smallest absolute Gasteiger partial charge is 0.274 e. The van der Waals surface area contributed by atoms with E-state index in [9.17, 15) is 9.90 Å². The molecule has 1 aromatic carbocycles. The number of pyridine rings is 1. The van der Waals surface area contributed by atoms with Gasteiger partial charge in [0.05, 0.1) is 0 Å². The van der Waals surface area contributed by atoms with Crippen LogP contribution in [-0.4, -0.2) is 23.1 Å². The van der Waals surface area contributed by atoms with Crippen LogP contribution in [0.4, 0.5) is 5.69 Å². The molecular weight excluding hydrogens is 316 g/mol. The van der Waals surface area contributed by atoms with Gasteiger partial charge in [-0.25, -0.2) is 4.98 Å². The van der Waals surface area contributed by atoms with Crippen molar-refractivity contribution in [3.63, 3.8) is 0 Å². The molecule has 5 nitrogen and oxygen atoms in total. The van der Waals surface area contributed by atoms with Crippen LogP contribution >= 0.6 is 11.6 Å². The predicted molar refractivity (Wildman–Crippen MR) is 89.8 cm³/mol. The number of methoxy groups -OCH3 is 1. The molecule has 0 aliphatic rings. The molecule has 2 rings (SSSR count). The van der Waals surface area contributed by atoms with Gasteiger partial charge in [0.1, 0.15) is 10.8 Å². The number of aryl methyl sites for hydroxylation is 2. The average Bonchev–Trinajstić information content (AvgIpc) is 2.52. The van der Waals surface area contributed by atoms with Gasteiger partial charge in [0, 0.05) is 18.4 Å². The van der Waals surface area contributed by atoms with Crippen LogP contribution in [0.3, 0.4) is 0 Å². The molecule has 2 aromatic rings. The molecule has 1 amide bonds. The second kappa shape index (κ2) is 7.08. The number of amides is 1. The number of nitrogens with one attached hydrogen (secondary N) is 1. The molecule has 0 saturated heterocycles. The Bertz CT molecular complexity index is 747. The highest BCUT2D eigenvalue weighted by Crippen LogP contribution is 2.28. The fourth-order valence-electron chi connectivity index (χ4n) is 2.36. The Labute approximate surface area is 140 Å². The number of aromatic nitrogens is 1. The van der Waals surface area contributed by atoms with E-state index in [0.29, 0.717) is 11.3 Å². The van der Waals surface area contributed by atoms with Gasteiger partial charge < -0.3 is 15.2 Å². The van der Waals surface area contributed by atoms with E-state index in [1.165, 1.54) is 7.11 Å². The summed E-state index contributed by atoms with van der Waals surface area (Å²) in [5.41, 5.74) is 3.85. The van der Waals surface area contributed by atoms with Crippen LogP contribution in [0.2, 0.25) is 5.15 Å². The molecule has 1 unspecified atom stereocenters. The highest BCUT2D eigenvalue weighted by atomic mass is 35.5. The van der Waals surface area contributed by atoms with E-state index in [1.807, 2.05) is 19.9 Å². The summed E-state index contributed by atoms with van der Waals surface area (Å²) in [5, 5.41) is 13.0. The summed E-state index contributed by atoms with van der Waals surface area (Å²) in [6, 6.07) is 6.98. The molecule has 0 bridgehead atoms. The largest absolute Gasteiger partial charge is 0.364 e. The van der Waals surface area contributed by atoms with Gasteiger partial charge in [-0.15, -0.1) is 0 Å². The minimum atomic E-state index is -1.04. The van der Waals surface area contributed by atoms with Crippen molar-refractivity contribution in [2.75, 3.05) is 12.4 Å². The lowest BCUT2D eigenvalue weighted by atomic mass is 10.0. The van der Waals surface area contributed by atoms with E-state index in [0.717, 1.165) is 16.7 Å². The Kier molecular flexibility index (Phi) is 5.36. The third-order valence-electron chi connectivity index (χ3n) is 3.72. The molecule has 1 aromatic heterocycles. The molecule has 23 heavy (non-hydrogen) atoms. The molecule has 2 N–H and O–H groups in total. The van der Waals surface area contributed by atoms with Gasteiger partial charge in [0.15, 0.2) is 6.29 Å². The Hall–Kier alpha value is -1.95. The first kappa shape index (κ1) is 17.4. The van der Waals surface area contributed by atoms with E-state index < -0.39 is 6.29 Å². The second-order valence-corrected chi connectivity index (χ2v) is 5.70. The number of aliphatic hydroxyl groups excluding tert-OH is 1. The van der Waals surface area contributed by atoms with Crippen molar-refractivity contribution < 1.29 is 14.6 Å². The number of hydrogen-bond donors (Lipinski definition) is 2. The molecular formula is C17H19ClN2O3. The summed E-state index contributed by atoms with van der Waals surface area (Å²) < 4.78 is 4.95. The number of ether oxygens (including phenoxy) is 1. The fraction of sp³-hybridized carbons (Fsp3) is 0.294. The lowest BCUT2D eigenvalue weighted by Crippen LogP contribution is -2.18. The minimum Gasteiger partial charge on any atom is -0.364 e. The highest BCUT2D eigenvalue weighted by Gasteiger charge is 2.18. The van der Waals surface area contributed by atoms with Crippen molar-refractivity contribution in [1.29, 1.82) is 0 Å². The van der Waals surface area contributed by atoms with Crippen LogP contribution in [0.1, 0.15) is 39.0 Å². The van der Waals surface area contributed by atoms with Gasteiger partial charge >= 0.3 is 0 Å². The number of anilines is 1. The topological polar surface area (TPSA) is 71.5 Å². The Balaban J connectivity index is 2.39. The number of nitrogens with zero attached hydrogens (tertiary/aromatic N) is 1. The van der Waals surface area contributed by atoms with E-state index in [1.54, 1.807) is 25.1 Å². The lowest BCUT2D eigenvalue weighted by Gasteiger charge is -2.18. The zero-order valence-corrected chi connectivity index (χ0v) is 14.2. The van der Waals surface area contributed by atoms with E-state index in [2.05, 4.69) is 10.3 Å². The fourth-order valence-corrected chi connectivity index (χ4v) is 2.51. The SMILES string of the molecule is COC(O)c1ccc(C)c(NC(=O)c2nc(Cl)ccc2C)c1C. The van der Waals surface area contributed by atoms with Crippen molar-refractivity contribution in [2.24, 2.45) is 0 Å². The first-order chi connectivity index (χ1) is 10.8. The van der Waals surface area contributed by atoms with Gasteiger partial charge in [0.2, 0.25) is 0 Å². The number of rotatable bonds is 4. The van der Waals surface area contributed by atoms with Gasteiger partial charge in [-0.3, -0.25) is 4.79 Å². The standard InChI is InChI=1S/C17H19ClN2O3/c1-9-5-7-12(17(22)23-4)11(3)14(9)20-16(21)15-10(2)6-8-13(18)19-15/h5-8,17,22H,1-4H3,(H,20,21). The molecule has 6 heteroatoms. The van der Waals surface area contributed by atoms with E-state index in [4.69, 9.17) is 16.3 Å². The summed E-state index contributed by atoms with van der Waals surface area (Å²) in [5.74, 6) is -0.347. The molecule has 1 heterocycles. The zero-order chi connectivity index (χ0) is 17.1. The van der Waals surface area contributed by atoms with Gasteiger partial charge in [-0.1, -0.05) is 29.8 Å². The molecule has 0 aliphatic carbocycles. The second-order valence-electron chi connectivity index (χ2n) is 5.31. The molecule has 0 radical (unpaired) electrons. The third-order valence-corrected chi connectivity index (χ3v) is 3.93. The van der Waals surface area contributed by atoms with Crippen molar-refractivity contribution >= 4 is 23.2 Å². The van der Waals surface area contributed by atoms with E-state index in [-0.39, 0.29) is 16.8 Å². The Morgan fingerprint density at radius 1 is 1.22 bits per heavy atom. The third kappa shape index (κ3) is 3.69. The molecule has 122 valence electrons. The summed E-state index contributed by atoms with van der Waals surface area (Å²) in [7, 11) is 1.42. The highest BCUT2D eigenvalue weighted by molar-refractivity contribution is 6.29. The number of hydrogen-bond acceptors (Lipinski definition) is 4. The van der Waals surface area contributed by atoms with Crippen LogP contribution in [0.5, 0.6) is 0 Å².